The molecule has 0 amide bonds. The van der Waals surface area contributed by atoms with Crippen LogP contribution in [0.25, 0.3) is 0 Å². The van der Waals surface area contributed by atoms with Crippen LogP contribution in [-0.4, -0.2) is 9.67 Å². The molecule has 20 heavy (non-hydrogen) atoms. The summed E-state index contributed by atoms with van der Waals surface area (Å²) >= 11 is 0. The van der Waals surface area contributed by atoms with Crippen molar-refractivity contribution >= 4 is 0 Å². The van der Waals surface area contributed by atoms with Crippen molar-refractivity contribution in [3.8, 4) is 0 Å². The summed E-state index contributed by atoms with van der Waals surface area (Å²) in [6.45, 7) is 5.77. The van der Waals surface area contributed by atoms with Gasteiger partial charge in [-0.2, -0.15) is 0 Å². The Bertz CT molecular complexity index is 515. The first-order valence-corrected chi connectivity index (χ1v) is 8.38. The van der Waals surface area contributed by atoms with Crippen molar-refractivity contribution in [3.05, 3.63) is 23.5 Å². The predicted molar refractivity (Wildman–Crippen MR) is 80.4 cm³/mol. The molecule has 1 N–H and O–H groups in total. The van der Waals surface area contributed by atoms with Crippen LogP contribution in [0.15, 0.2) is 12.3 Å². The molecule has 2 heteroatoms. The Morgan fingerprint density at radius 1 is 1.30 bits per heavy atom. The highest BCUT2D eigenvalue weighted by molar-refractivity contribution is 5.29. The van der Waals surface area contributed by atoms with Crippen molar-refractivity contribution in [1.29, 1.82) is 0 Å². The van der Waals surface area contributed by atoms with Gasteiger partial charge >= 0.3 is 0 Å². The lowest BCUT2D eigenvalue weighted by atomic mass is 9.75. The van der Waals surface area contributed by atoms with E-state index in [9.17, 15) is 5.11 Å². The fourth-order valence-corrected chi connectivity index (χ4v) is 5.21. The van der Waals surface area contributed by atoms with Gasteiger partial charge in [-0.05, 0) is 61.3 Å². The van der Waals surface area contributed by atoms with Gasteiger partial charge in [0.1, 0.15) is 0 Å². The molecule has 0 aromatic carbocycles. The molecule has 2 fully saturated rings. The van der Waals surface area contributed by atoms with E-state index in [1.165, 1.54) is 43.5 Å². The number of rotatable bonds is 2. The number of aromatic nitrogens is 1. The molecule has 0 radical (unpaired) electrons. The zero-order valence-electron chi connectivity index (χ0n) is 12.8. The molecular formula is C18H27NO. The maximum Gasteiger partial charge on any atom is 0.0812 e. The van der Waals surface area contributed by atoms with Crippen LogP contribution in [0.5, 0.6) is 0 Å². The lowest BCUT2D eigenvalue weighted by Crippen LogP contribution is -2.28. The van der Waals surface area contributed by atoms with Gasteiger partial charge in [0.15, 0.2) is 0 Å². The Morgan fingerprint density at radius 3 is 2.85 bits per heavy atom. The molecule has 0 saturated heterocycles. The van der Waals surface area contributed by atoms with Crippen molar-refractivity contribution in [2.24, 2.45) is 23.2 Å². The first kappa shape index (κ1) is 12.9. The second-order valence-electron chi connectivity index (χ2n) is 8.37. The molecule has 4 rings (SSSR count). The lowest BCUT2D eigenvalue weighted by molar-refractivity contribution is 0.0974. The van der Waals surface area contributed by atoms with Crippen molar-refractivity contribution < 1.29 is 5.11 Å². The van der Waals surface area contributed by atoms with Gasteiger partial charge < -0.3 is 9.67 Å². The molecule has 4 unspecified atom stereocenters. The summed E-state index contributed by atoms with van der Waals surface area (Å²) in [4.78, 5) is 0. The Labute approximate surface area is 122 Å². The number of nitrogens with zero attached hydrogens (tertiary/aromatic N) is 1. The van der Waals surface area contributed by atoms with Crippen LogP contribution in [0, 0.1) is 23.2 Å². The number of hydrogen-bond acceptors (Lipinski definition) is 1. The molecule has 0 spiro atoms. The first-order chi connectivity index (χ1) is 9.52. The Kier molecular flexibility index (Phi) is 2.82. The van der Waals surface area contributed by atoms with Crippen LogP contribution in [0.1, 0.15) is 63.3 Å². The maximum atomic E-state index is 10.4. The fourth-order valence-electron chi connectivity index (χ4n) is 5.21. The van der Waals surface area contributed by atoms with Gasteiger partial charge in [-0.15, -0.1) is 0 Å². The lowest BCUT2D eigenvalue weighted by Gasteiger charge is -2.34. The average molecular weight is 273 g/mol. The molecule has 110 valence electrons. The minimum Gasteiger partial charge on any atom is -0.388 e. The fraction of sp³-hybridized carbons (Fsp3) is 0.778. The van der Waals surface area contributed by atoms with Gasteiger partial charge in [0.25, 0.3) is 0 Å². The summed E-state index contributed by atoms with van der Waals surface area (Å²) in [6, 6.07) is 2.17. The third-order valence-corrected chi connectivity index (χ3v) is 6.18. The SMILES string of the molecule is CC1(C)Cc2c(ccn2CC2CC3CCC2C3)C(O)C1. The first-order valence-electron chi connectivity index (χ1n) is 8.38. The van der Waals surface area contributed by atoms with E-state index in [0.29, 0.717) is 0 Å². The average Bonchev–Trinajstić information content (AvgIpc) is 3.04. The summed E-state index contributed by atoms with van der Waals surface area (Å²) < 4.78 is 2.48. The van der Waals surface area contributed by atoms with Gasteiger partial charge in [-0.3, -0.25) is 0 Å². The van der Waals surface area contributed by atoms with Crippen LogP contribution in [0.3, 0.4) is 0 Å². The van der Waals surface area contributed by atoms with E-state index in [-0.39, 0.29) is 11.5 Å². The largest absolute Gasteiger partial charge is 0.388 e. The van der Waals surface area contributed by atoms with E-state index in [1.54, 1.807) is 0 Å². The van der Waals surface area contributed by atoms with Crippen molar-refractivity contribution in [2.75, 3.05) is 0 Å². The van der Waals surface area contributed by atoms with Crippen LogP contribution in [0.2, 0.25) is 0 Å². The van der Waals surface area contributed by atoms with E-state index < -0.39 is 0 Å². The van der Waals surface area contributed by atoms with Crippen LogP contribution in [-0.2, 0) is 13.0 Å². The molecule has 1 aromatic rings. The number of aliphatic hydroxyl groups excluding tert-OH is 1. The minimum atomic E-state index is -0.255. The monoisotopic (exact) mass is 273 g/mol. The molecule has 0 aliphatic heterocycles. The second-order valence-corrected chi connectivity index (χ2v) is 8.37. The number of fused-ring (bicyclic) bond motifs is 3. The molecule has 2 nitrogen and oxygen atoms in total. The van der Waals surface area contributed by atoms with E-state index in [4.69, 9.17) is 0 Å². The van der Waals surface area contributed by atoms with E-state index in [0.717, 1.165) is 30.6 Å². The van der Waals surface area contributed by atoms with Crippen LogP contribution < -0.4 is 0 Å². The van der Waals surface area contributed by atoms with Gasteiger partial charge in [0, 0.05) is 24.0 Å². The second kappa shape index (κ2) is 4.37. The smallest absolute Gasteiger partial charge is 0.0812 e. The standard InChI is InChI=1S/C18H27NO/c1-18(2)9-16-15(17(20)10-18)5-6-19(16)11-14-8-12-3-4-13(14)7-12/h5-6,12-14,17,20H,3-4,7-11H2,1-2H3. The highest BCUT2D eigenvalue weighted by atomic mass is 16.3. The molecule has 2 bridgehead atoms. The molecule has 3 aliphatic rings. The van der Waals surface area contributed by atoms with Crippen LogP contribution >= 0.6 is 0 Å². The van der Waals surface area contributed by atoms with Crippen LogP contribution in [0.4, 0.5) is 0 Å². The highest BCUT2D eigenvalue weighted by Gasteiger charge is 2.40. The number of aliphatic hydroxyl groups is 1. The Hall–Kier alpha value is -0.760. The summed E-state index contributed by atoms with van der Waals surface area (Å²) in [6.07, 6.45) is 9.89. The van der Waals surface area contributed by atoms with E-state index in [1.807, 2.05) is 0 Å². The van der Waals surface area contributed by atoms with E-state index in [2.05, 4.69) is 30.7 Å². The molecule has 2 saturated carbocycles. The summed E-state index contributed by atoms with van der Waals surface area (Å²) in [7, 11) is 0. The van der Waals surface area contributed by atoms with Gasteiger partial charge in [0.2, 0.25) is 0 Å². The van der Waals surface area contributed by atoms with Gasteiger partial charge in [0.05, 0.1) is 6.10 Å². The molecule has 1 heterocycles. The Balaban J connectivity index is 1.58. The minimum absolute atomic E-state index is 0.233. The normalized spacial score (nSPS) is 38.1. The third-order valence-electron chi connectivity index (χ3n) is 6.18. The predicted octanol–water partition coefficient (Wildman–Crippen LogP) is 3.93. The molecular weight excluding hydrogens is 246 g/mol. The van der Waals surface area contributed by atoms with Gasteiger partial charge in [-0.25, -0.2) is 0 Å². The van der Waals surface area contributed by atoms with E-state index >= 15 is 0 Å². The van der Waals surface area contributed by atoms with Gasteiger partial charge in [-0.1, -0.05) is 20.3 Å². The third kappa shape index (κ3) is 2.04. The summed E-state index contributed by atoms with van der Waals surface area (Å²) in [5.41, 5.74) is 2.85. The number of hydrogen-bond donors (Lipinski definition) is 1. The summed E-state index contributed by atoms with van der Waals surface area (Å²) in [5, 5.41) is 10.4. The Morgan fingerprint density at radius 2 is 2.15 bits per heavy atom. The zero-order chi connectivity index (χ0) is 13.9. The maximum absolute atomic E-state index is 10.4. The zero-order valence-corrected chi connectivity index (χ0v) is 12.8. The molecule has 1 aromatic heterocycles. The highest BCUT2D eigenvalue weighted by Crippen LogP contribution is 2.49. The van der Waals surface area contributed by atoms with Crippen molar-refractivity contribution in [1.82, 2.24) is 4.57 Å². The van der Waals surface area contributed by atoms with Crippen molar-refractivity contribution in [2.45, 2.75) is 65.0 Å². The van der Waals surface area contributed by atoms with Crippen molar-refractivity contribution in [3.63, 3.8) is 0 Å². The summed E-state index contributed by atoms with van der Waals surface area (Å²) in [5.74, 6) is 2.91. The quantitative estimate of drug-likeness (QED) is 0.867. The topological polar surface area (TPSA) is 25.2 Å². The molecule has 3 aliphatic carbocycles. The molecule has 4 atom stereocenters.